The first-order valence-corrected chi connectivity index (χ1v) is 2.44. The second-order valence-electron chi connectivity index (χ2n) is 2.75. The molecule has 0 aromatic rings. The zero-order valence-corrected chi connectivity index (χ0v) is 7.44. The maximum absolute atomic E-state index is 8.86. The van der Waals surface area contributed by atoms with Gasteiger partial charge in [0.15, 0.2) is 6.23 Å². The molecule has 0 spiro atoms. The van der Waals surface area contributed by atoms with Crippen LogP contribution >= 0.6 is 0 Å². The highest BCUT2D eigenvalue weighted by molar-refractivity contribution is 4.18. The number of rotatable bonds is 1. The summed E-state index contributed by atoms with van der Waals surface area (Å²) in [6, 6.07) is 0. The lowest BCUT2D eigenvalue weighted by atomic mass is 10.5. The third-order valence-corrected chi connectivity index (χ3v) is 1.12. The maximum atomic E-state index is 8.86. The molecule has 52 valence electrons. The van der Waals surface area contributed by atoms with Crippen molar-refractivity contribution in [3.8, 4) is 0 Å². The van der Waals surface area contributed by atoms with Gasteiger partial charge in [-0.05, 0) is 0 Å². The standard InChI is InChI=1S/C5H14NO.BrH/c1-5(7)6(2,3)4;/h5,7H,1-4H3;1H/q+1;/p-1. The van der Waals surface area contributed by atoms with Crippen LogP contribution in [0.15, 0.2) is 0 Å². The van der Waals surface area contributed by atoms with E-state index in [9.17, 15) is 0 Å². The van der Waals surface area contributed by atoms with Crippen LogP contribution in [0.3, 0.4) is 0 Å². The molecular weight excluding hydrogens is 170 g/mol. The molecule has 1 atom stereocenters. The van der Waals surface area contributed by atoms with Crippen LogP contribution in [0.4, 0.5) is 0 Å². The van der Waals surface area contributed by atoms with E-state index in [1.54, 1.807) is 6.92 Å². The van der Waals surface area contributed by atoms with Crippen LogP contribution in [0.1, 0.15) is 6.92 Å². The molecular formula is C5H14BrNO. The Labute approximate surface area is 61.5 Å². The normalized spacial score (nSPS) is 14.6. The molecule has 0 saturated carbocycles. The summed E-state index contributed by atoms with van der Waals surface area (Å²) >= 11 is 0. The number of nitrogens with zero attached hydrogens (tertiary/aromatic N) is 1. The average molecular weight is 184 g/mol. The summed E-state index contributed by atoms with van der Waals surface area (Å²) in [5, 5.41) is 8.86. The van der Waals surface area contributed by atoms with E-state index in [0.29, 0.717) is 4.48 Å². The number of quaternary nitrogens is 1. The number of hydrogen-bond donors (Lipinski definition) is 1. The molecule has 2 nitrogen and oxygen atoms in total. The molecule has 0 radical (unpaired) electrons. The summed E-state index contributed by atoms with van der Waals surface area (Å²) in [4.78, 5) is 0. The Morgan fingerprint density at radius 3 is 1.38 bits per heavy atom. The summed E-state index contributed by atoms with van der Waals surface area (Å²) in [7, 11) is 5.85. The first-order valence-electron chi connectivity index (χ1n) is 2.44. The van der Waals surface area contributed by atoms with Crippen molar-refractivity contribution in [2.24, 2.45) is 0 Å². The second-order valence-corrected chi connectivity index (χ2v) is 2.75. The lowest BCUT2D eigenvalue weighted by Gasteiger charge is -2.26. The molecule has 0 saturated heterocycles. The number of halogens is 1. The van der Waals surface area contributed by atoms with E-state index in [2.05, 4.69) is 0 Å². The summed E-state index contributed by atoms with van der Waals surface area (Å²) in [5.74, 6) is 0. The van der Waals surface area contributed by atoms with E-state index in [1.165, 1.54) is 0 Å². The van der Waals surface area contributed by atoms with Gasteiger partial charge >= 0.3 is 0 Å². The topological polar surface area (TPSA) is 20.2 Å². The molecule has 0 aromatic carbocycles. The van der Waals surface area contributed by atoms with E-state index in [-0.39, 0.29) is 23.2 Å². The molecule has 0 aromatic heterocycles. The summed E-state index contributed by atoms with van der Waals surface area (Å²) in [6.07, 6.45) is -0.264. The Kier molecular flexibility index (Phi) is 4.82. The van der Waals surface area contributed by atoms with Gasteiger partial charge in [0.2, 0.25) is 0 Å². The Balaban J connectivity index is 0. The van der Waals surface area contributed by atoms with E-state index >= 15 is 0 Å². The van der Waals surface area contributed by atoms with Gasteiger partial charge in [0.05, 0.1) is 21.1 Å². The van der Waals surface area contributed by atoms with Crippen molar-refractivity contribution in [1.29, 1.82) is 0 Å². The minimum Gasteiger partial charge on any atom is -1.00 e. The molecule has 0 aliphatic carbocycles. The van der Waals surface area contributed by atoms with E-state index < -0.39 is 0 Å². The van der Waals surface area contributed by atoms with Gasteiger partial charge in [-0.25, -0.2) is 0 Å². The van der Waals surface area contributed by atoms with Crippen LogP contribution in [0, 0.1) is 0 Å². The van der Waals surface area contributed by atoms with Gasteiger partial charge in [0.25, 0.3) is 0 Å². The highest BCUT2D eigenvalue weighted by Gasteiger charge is 2.12. The van der Waals surface area contributed by atoms with Gasteiger partial charge in [-0.1, -0.05) is 0 Å². The molecule has 0 bridgehead atoms. The van der Waals surface area contributed by atoms with Crippen LogP contribution in [-0.2, 0) is 0 Å². The minimum atomic E-state index is -0.264. The number of hydrogen-bond acceptors (Lipinski definition) is 1. The van der Waals surface area contributed by atoms with Crippen molar-refractivity contribution in [3.05, 3.63) is 0 Å². The van der Waals surface area contributed by atoms with Gasteiger partial charge in [-0.3, -0.25) is 0 Å². The van der Waals surface area contributed by atoms with Crippen molar-refractivity contribution in [1.82, 2.24) is 0 Å². The van der Waals surface area contributed by atoms with Crippen molar-refractivity contribution in [2.45, 2.75) is 13.2 Å². The summed E-state index contributed by atoms with van der Waals surface area (Å²) in [5.41, 5.74) is 0. The third-order valence-electron chi connectivity index (χ3n) is 1.12. The molecule has 0 fully saturated rings. The minimum absolute atomic E-state index is 0. The van der Waals surface area contributed by atoms with Gasteiger partial charge in [0.1, 0.15) is 0 Å². The highest BCUT2D eigenvalue weighted by Crippen LogP contribution is 1.94. The molecule has 3 heteroatoms. The van der Waals surface area contributed by atoms with Crippen LogP contribution in [0.2, 0.25) is 0 Å². The van der Waals surface area contributed by atoms with Crippen molar-refractivity contribution >= 4 is 0 Å². The van der Waals surface area contributed by atoms with Crippen LogP contribution in [0.25, 0.3) is 0 Å². The van der Waals surface area contributed by atoms with E-state index in [1.807, 2.05) is 21.1 Å². The van der Waals surface area contributed by atoms with Crippen molar-refractivity contribution < 1.29 is 26.6 Å². The Morgan fingerprint density at radius 1 is 1.25 bits per heavy atom. The third kappa shape index (κ3) is 4.56. The molecule has 0 aliphatic heterocycles. The maximum Gasteiger partial charge on any atom is 0.187 e. The fourth-order valence-corrected chi connectivity index (χ4v) is 0. The smallest absolute Gasteiger partial charge is 0.187 e. The Hall–Kier alpha value is 0.400. The SMILES string of the molecule is CC(O)[N+](C)(C)C.[Br-]. The van der Waals surface area contributed by atoms with Gasteiger partial charge in [-0.15, -0.1) is 0 Å². The average Bonchev–Trinajstić information content (AvgIpc) is 1.31. The van der Waals surface area contributed by atoms with Gasteiger partial charge in [-0.2, -0.15) is 0 Å². The zero-order chi connectivity index (χ0) is 6.08. The van der Waals surface area contributed by atoms with Crippen molar-refractivity contribution in [3.63, 3.8) is 0 Å². The lowest BCUT2D eigenvalue weighted by molar-refractivity contribution is -0.916. The first-order chi connectivity index (χ1) is 2.94. The summed E-state index contributed by atoms with van der Waals surface area (Å²) < 4.78 is 0.611. The summed E-state index contributed by atoms with van der Waals surface area (Å²) in [6.45, 7) is 1.78. The largest absolute Gasteiger partial charge is 1.00 e. The molecule has 0 rings (SSSR count). The molecule has 8 heavy (non-hydrogen) atoms. The molecule has 1 N–H and O–H groups in total. The van der Waals surface area contributed by atoms with Gasteiger partial charge < -0.3 is 26.6 Å². The lowest BCUT2D eigenvalue weighted by Crippen LogP contribution is -3.00. The number of aliphatic hydroxyl groups is 1. The fraction of sp³-hybridized carbons (Fsp3) is 1.00. The van der Waals surface area contributed by atoms with Gasteiger partial charge in [0, 0.05) is 6.92 Å². The van der Waals surface area contributed by atoms with Crippen molar-refractivity contribution in [2.75, 3.05) is 21.1 Å². The second kappa shape index (κ2) is 3.43. The first kappa shape index (κ1) is 11.2. The number of aliphatic hydroxyl groups excluding tert-OH is 1. The van der Waals surface area contributed by atoms with Crippen LogP contribution in [0.5, 0.6) is 0 Å². The molecule has 1 unspecified atom stereocenters. The van der Waals surface area contributed by atoms with Crippen LogP contribution in [-0.4, -0.2) is 37.0 Å². The highest BCUT2D eigenvalue weighted by atomic mass is 79.9. The van der Waals surface area contributed by atoms with E-state index in [0.717, 1.165) is 0 Å². The Morgan fingerprint density at radius 2 is 1.38 bits per heavy atom. The van der Waals surface area contributed by atoms with E-state index in [4.69, 9.17) is 5.11 Å². The Bertz CT molecular complexity index is 57.9. The predicted molar refractivity (Wildman–Crippen MR) is 29.7 cm³/mol. The quantitative estimate of drug-likeness (QED) is 0.341. The van der Waals surface area contributed by atoms with Crippen LogP contribution < -0.4 is 17.0 Å². The predicted octanol–water partition coefficient (Wildman–Crippen LogP) is -2.97. The monoisotopic (exact) mass is 183 g/mol. The molecule has 0 heterocycles. The molecule has 0 amide bonds. The fourth-order valence-electron chi connectivity index (χ4n) is 0. The zero-order valence-electron chi connectivity index (χ0n) is 5.85. The molecule has 0 aliphatic rings.